The summed E-state index contributed by atoms with van der Waals surface area (Å²) >= 11 is 3.28. The number of halogens is 4. The van der Waals surface area contributed by atoms with Gasteiger partial charge in [-0.15, -0.1) is 0 Å². The van der Waals surface area contributed by atoms with E-state index in [1.807, 2.05) is 24.3 Å². The lowest BCUT2D eigenvalue weighted by Crippen LogP contribution is -2.35. The Morgan fingerprint density at radius 1 is 1.33 bits per heavy atom. The van der Waals surface area contributed by atoms with Gasteiger partial charge < -0.3 is 17.8 Å². The molecule has 0 atom stereocenters. The highest BCUT2D eigenvalue weighted by molar-refractivity contribution is 9.10. The summed E-state index contributed by atoms with van der Waals surface area (Å²) in [6, 6.07) is 7.29. The second-order valence-electron chi connectivity index (χ2n) is 3.54. The van der Waals surface area contributed by atoms with Crippen LogP contribution in [-0.4, -0.2) is 25.4 Å². The quantitative estimate of drug-likeness (QED) is 0.765. The first-order valence-electron chi connectivity index (χ1n) is 4.51. The maximum atomic E-state index is 12.1. The van der Waals surface area contributed by atoms with Crippen molar-refractivity contribution in [1.82, 2.24) is 4.90 Å². The predicted molar refractivity (Wildman–Crippen MR) is 59.6 cm³/mol. The van der Waals surface area contributed by atoms with Crippen molar-refractivity contribution in [3.63, 3.8) is 0 Å². The van der Waals surface area contributed by atoms with Crippen LogP contribution in [0.5, 0.6) is 0 Å². The number of benzene rings is 1. The Hall–Kier alpha value is -0.485. The van der Waals surface area contributed by atoms with Crippen LogP contribution in [-0.2, 0) is 6.54 Å². The van der Waals surface area contributed by atoms with E-state index in [1.54, 1.807) is 0 Å². The van der Waals surface area contributed by atoms with Crippen LogP contribution in [0.15, 0.2) is 28.7 Å². The zero-order chi connectivity index (χ0) is 11.5. The largest absolute Gasteiger partial charge is 0.492 e. The highest BCUT2D eigenvalue weighted by Gasteiger charge is 2.24. The third kappa shape index (κ3) is 5.23. The van der Waals surface area contributed by atoms with Gasteiger partial charge >= 0.3 is 6.98 Å². The van der Waals surface area contributed by atoms with E-state index in [0.717, 1.165) is 10.0 Å². The molecule has 1 aromatic rings. The van der Waals surface area contributed by atoms with Crippen LogP contribution >= 0.6 is 15.9 Å². The van der Waals surface area contributed by atoms with Gasteiger partial charge in [0, 0.05) is 11.0 Å². The predicted octanol–water partition coefficient (Wildman–Crippen LogP) is 3.27. The summed E-state index contributed by atoms with van der Waals surface area (Å²) < 4.78 is 37.2. The molecule has 0 saturated carbocycles. The minimum atomic E-state index is -4.74. The molecular formula is C9H11BBrF3N-. The van der Waals surface area contributed by atoms with Crippen molar-refractivity contribution in [2.45, 2.75) is 6.54 Å². The molecule has 0 saturated heterocycles. The minimum Gasteiger partial charge on any atom is -0.448 e. The summed E-state index contributed by atoms with van der Waals surface area (Å²) in [6.45, 7) is -4.43. The van der Waals surface area contributed by atoms with Crippen molar-refractivity contribution >= 4 is 22.9 Å². The van der Waals surface area contributed by atoms with Crippen LogP contribution in [0.25, 0.3) is 0 Å². The van der Waals surface area contributed by atoms with Crippen LogP contribution < -0.4 is 0 Å². The molecule has 1 rings (SSSR count). The molecule has 0 aliphatic rings. The van der Waals surface area contributed by atoms with E-state index in [1.165, 1.54) is 11.9 Å². The van der Waals surface area contributed by atoms with Crippen LogP contribution in [0, 0.1) is 0 Å². The molecular weight excluding hydrogens is 270 g/mol. The average molecular weight is 281 g/mol. The number of hydrogen-bond acceptors (Lipinski definition) is 1. The number of hydrogen-bond donors (Lipinski definition) is 0. The van der Waals surface area contributed by atoms with E-state index in [9.17, 15) is 12.9 Å². The van der Waals surface area contributed by atoms with Crippen LogP contribution in [0.2, 0.25) is 0 Å². The fourth-order valence-electron chi connectivity index (χ4n) is 1.36. The Labute approximate surface area is 95.5 Å². The lowest BCUT2D eigenvalue weighted by molar-refractivity contribution is 0.322. The van der Waals surface area contributed by atoms with Crippen molar-refractivity contribution in [3.8, 4) is 0 Å². The van der Waals surface area contributed by atoms with Crippen molar-refractivity contribution in [3.05, 3.63) is 34.3 Å². The second kappa shape index (κ2) is 5.03. The molecule has 1 aromatic carbocycles. The molecule has 84 valence electrons. The maximum Gasteiger partial charge on any atom is 0.492 e. The van der Waals surface area contributed by atoms with Gasteiger partial charge in [0.15, 0.2) is 0 Å². The average Bonchev–Trinajstić information content (AvgIpc) is 1.99. The van der Waals surface area contributed by atoms with Gasteiger partial charge in [-0.25, -0.2) is 0 Å². The van der Waals surface area contributed by atoms with Crippen molar-refractivity contribution < 1.29 is 12.9 Å². The zero-order valence-corrected chi connectivity index (χ0v) is 9.85. The van der Waals surface area contributed by atoms with E-state index >= 15 is 0 Å². The molecule has 0 bridgehead atoms. The molecule has 0 spiro atoms. The second-order valence-corrected chi connectivity index (χ2v) is 4.45. The summed E-state index contributed by atoms with van der Waals surface area (Å²) in [5, 5.41) is 0. The molecule has 0 amide bonds. The van der Waals surface area contributed by atoms with Crippen molar-refractivity contribution in [2.75, 3.05) is 13.5 Å². The van der Waals surface area contributed by atoms with Gasteiger partial charge in [-0.2, -0.15) is 0 Å². The number of rotatable bonds is 4. The third-order valence-electron chi connectivity index (χ3n) is 1.86. The first-order valence-corrected chi connectivity index (χ1v) is 5.30. The van der Waals surface area contributed by atoms with Gasteiger partial charge in [0.2, 0.25) is 0 Å². The molecule has 15 heavy (non-hydrogen) atoms. The van der Waals surface area contributed by atoms with E-state index in [0.29, 0.717) is 6.54 Å². The van der Waals surface area contributed by atoms with E-state index in [4.69, 9.17) is 0 Å². The Bertz CT molecular complexity index is 329. The molecule has 0 aliphatic heterocycles. The molecule has 1 nitrogen and oxygen atoms in total. The first kappa shape index (κ1) is 12.6. The summed E-state index contributed by atoms with van der Waals surface area (Å²) in [7, 11) is 1.47. The summed E-state index contributed by atoms with van der Waals surface area (Å²) in [6.07, 6.45) is -0.827. The first-order chi connectivity index (χ1) is 6.87. The Morgan fingerprint density at radius 2 is 2.00 bits per heavy atom. The van der Waals surface area contributed by atoms with Crippen LogP contribution in [0.3, 0.4) is 0 Å². The van der Waals surface area contributed by atoms with E-state index in [2.05, 4.69) is 15.9 Å². The molecule has 0 radical (unpaired) electrons. The summed E-state index contributed by atoms with van der Waals surface area (Å²) in [5.74, 6) is 0. The van der Waals surface area contributed by atoms with Gasteiger partial charge in [0.25, 0.3) is 0 Å². The molecule has 0 heterocycles. The highest BCUT2D eigenvalue weighted by Crippen LogP contribution is 2.15. The van der Waals surface area contributed by atoms with E-state index < -0.39 is 13.4 Å². The maximum absolute atomic E-state index is 12.1. The molecule has 0 N–H and O–H groups in total. The highest BCUT2D eigenvalue weighted by atomic mass is 79.9. The number of nitrogens with zero attached hydrogens (tertiary/aromatic N) is 1. The van der Waals surface area contributed by atoms with Gasteiger partial charge in [0.05, 0.1) is 0 Å². The standard InChI is InChI=1S/C9H11BBrF3N/c1-15(7-10(12,13)14)6-8-3-2-4-9(11)5-8/h2-5H,6-7H2,1H3/q-1. The fourth-order valence-corrected chi connectivity index (χ4v) is 1.81. The monoisotopic (exact) mass is 280 g/mol. The topological polar surface area (TPSA) is 3.24 Å². The SMILES string of the molecule is CN(Cc1cccc(Br)c1)C[B-](F)(F)F. The van der Waals surface area contributed by atoms with Crippen LogP contribution in [0.4, 0.5) is 12.9 Å². The van der Waals surface area contributed by atoms with Crippen molar-refractivity contribution in [1.29, 1.82) is 0 Å². The lowest BCUT2D eigenvalue weighted by Gasteiger charge is -2.23. The molecule has 0 aliphatic carbocycles. The molecule has 0 fully saturated rings. The Balaban J connectivity index is 2.55. The van der Waals surface area contributed by atoms with Gasteiger partial charge in [-0.05, 0) is 31.2 Å². The van der Waals surface area contributed by atoms with Gasteiger partial charge in [0.1, 0.15) is 0 Å². The van der Waals surface area contributed by atoms with E-state index in [-0.39, 0.29) is 0 Å². The molecule has 0 unspecified atom stereocenters. The zero-order valence-electron chi connectivity index (χ0n) is 8.26. The van der Waals surface area contributed by atoms with Crippen LogP contribution in [0.1, 0.15) is 5.56 Å². The molecule has 6 heteroatoms. The lowest BCUT2D eigenvalue weighted by atomic mass is 9.91. The normalized spacial score (nSPS) is 12.1. The van der Waals surface area contributed by atoms with Crippen molar-refractivity contribution in [2.24, 2.45) is 0 Å². The third-order valence-corrected chi connectivity index (χ3v) is 2.35. The Kier molecular flexibility index (Phi) is 4.22. The van der Waals surface area contributed by atoms with Gasteiger partial charge in [-0.1, -0.05) is 28.1 Å². The van der Waals surface area contributed by atoms with Gasteiger partial charge in [-0.3, -0.25) is 0 Å². The molecule has 0 aromatic heterocycles. The summed E-state index contributed by atoms with van der Waals surface area (Å²) in [4.78, 5) is 1.27. The summed E-state index contributed by atoms with van der Waals surface area (Å²) in [5.41, 5.74) is 0.868. The minimum absolute atomic E-state index is 0.306. The fraction of sp³-hybridized carbons (Fsp3) is 0.333. The smallest absolute Gasteiger partial charge is 0.448 e. The Morgan fingerprint density at radius 3 is 2.53 bits per heavy atom.